The number of alkyl halides is 3. The van der Waals surface area contributed by atoms with Crippen molar-refractivity contribution < 1.29 is 32.7 Å². The van der Waals surface area contributed by atoms with Crippen LogP contribution < -0.4 is 10.6 Å². The number of amides is 3. The molecule has 1 aromatic carbocycles. The molecule has 0 spiro atoms. The van der Waals surface area contributed by atoms with Gasteiger partial charge in [0, 0.05) is 17.3 Å². The highest BCUT2D eigenvalue weighted by Gasteiger charge is 2.31. The van der Waals surface area contributed by atoms with E-state index in [0.29, 0.717) is 0 Å². The van der Waals surface area contributed by atoms with Crippen molar-refractivity contribution in [3.63, 3.8) is 0 Å². The molecular weight excluding hydrogens is 343 g/mol. The van der Waals surface area contributed by atoms with Gasteiger partial charge in [-0.1, -0.05) is 6.07 Å². The quantitative estimate of drug-likeness (QED) is 0.649. The third kappa shape index (κ3) is 4.80. The van der Waals surface area contributed by atoms with E-state index in [2.05, 4.69) is 5.32 Å². The zero-order valence-corrected chi connectivity index (χ0v) is 12.8. The van der Waals surface area contributed by atoms with Crippen molar-refractivity contribution in [1.29, 1.82) is 0 Å². The molecule has 0 unspecified atom stereocenters. The first-order valence-corrected chi connectivity index (χ1v) is 7.11. The smallest absolute Gasteiger partial charge is 0.395 e. The number of benzene rings is 1. The van der Waals surface area contributed by atoms with Crippen molar-refractivity contribution in [3.05, 3.63) is 41.6 Å². The summed E-state index contributed by atoms with van der Waals surface area (Å²) >= 11 is 0. The normalized spacial score (nSPS) is 14.6. The third-order valence-corrected chi connectivity index (χ3v) is 3.19. The van der Waals surface area contributed by atoms with E-state index in [1.165, 1.54) is 24.3 Å². The van der Waals surface area contributed by atoms with Crippen LogP contribution in [0.2, 0.25) is 0 Å². The van der Waals surface area contributed by atoms with E-state index in [1.807, 2.05) is 0 Å². The number of aliphatic hydroxyl groups is 1. The maximum atomic E-state index is 12.1. The van der Waals surface area contributed by atoms with Gasteiger partial charge in [-0.2, -0.15) is 13.2 Å². The molecule has 1 aliphatic heterocycles. The summed E-state index contributed by atoms with van der Waals surface area (Å²) in [6.45, 7) is -2.00. The second-order valence-electron chi connectivity index (χ2n) is 5.08. The Labute approximate surface area is 140 Å². The average Bonchev–Trinajstić information content (AvgIpc) is 2.80. The summed E-state index contributed by atoms with van der Waals surface area (Å²) in [4.78, 5) is 36.2. The van der Waals surface area contributed by atoms with Crippen LogP contribution in [-0.2, 0) is 9.59 Å². The van der Waals surface area contributed by atoms with E-state index in [9.17, 15) is 27.6 Å². The Morgan fingerprint density at radius 3 is 2.60 bits per heavy atom. The van der Waals surface area contributed by atoms with Gasteiger partial charge in [-0.25, -0.2) is 0 Å². The number of nitrogens with zero attached hydrogens (tertiary/aromatic N) is 1. The zero-order chi connectivity index (χ0) is 18.6. The Bertz CT molecular complexity index is 731. The van der Waals surface area contributed by atoms with Gasteiger partial charge in [-0.15, -0.1) is 0 Å². The molecule has 0 bridgehead atoms. The molecule has 7 nitrogen and oxygen atoms in total. The molecule has 0 aliphatic carbocycles. The van der Waals surface area contributed by atoms with Gasteiger partial charge in [0.1, 0.15) is 12.2 Å². The number of anilines is 1. The molecule has 1 aliphatic rings. The highest BCUT2D eigenvalue weighted by atomic mass is 19.4. The van der Waals surface area contributed by atoms with Crippen molar-refractivity contribution in [2.75, 3.05) is 25.0 Å². The molecule has 1 aromatic rings. The number of hydrogen-bond acceptors (Lipinski definition) is 5. The number of imide groups is 1. The number of aliphatic hydroxyl groups excluding tert-OH is 1. The van der Waals surface area contributed by atoms with E-state index in [1.54, 1.807) is 5.32 Å². The van der Waals surface area contributed by atoms with Gasteiger partial charge in [-0.05, 0) is 18.2 Å². The van der Waals surface area contributed by atoms with E-state index in [4.69, 9.17) is 5.11 Å². The maximum Gasteiger partial charge on any atom is 0.405 e. The van der Waals surface area contributed by atoms with Crippen molar-refractivity contribution in [1.82, 2.24) is 10.2 Å². The summed E-state index contributed by atoms with van der Waals surface area (Å²) in [6, 6.07) is 5.45. The summed E-state index contributed by atoms with van der Waals surface area (Å²) in [5, 5.41) is 13.2. The summed E-state index contributed by atoms with van der Waals surface area (Å²) in [5.74, 6) is -2.17. The first-order chi connectivity index (χ1) is 11.7. The van der Waals surface area contributed by atoms with Crippen LogP contribution in [0.25, 0.3) is 0 Å². The second-order valence-corrected chi connectivity index (χ2v) is 5.08. The lowest BCUT2D eigenvalue weighted by Gasteiger charge is -2.14. The van der Waals surface area contributed by atoms with Crippen LogP contribution in [0.4, 0.5) is 18.9 Å². The molecular formula is C15H14F3N3O4. The fourth-order valence-corrected chi connectivity index (χ4v) is 2.09. The molecule has 0 fully saturated rings. The lowest BCUT2D eigenvalue weighted by atomic mass is 10.2. The maximum absolute atomic E-state index is 12.1. The molecule has 3 amide bonds. The fourth-order valence-electron chi connectivity index (χ4n) is 2.09. The molecule has 0 aromatic heterocycles. The average molecular weight is 357 g/mol. The molecule has 134 valence electrons. The Kier molecular flexibility index (Phi) is 5.42. The molecule has 0 radical (unpaired) electrons. The minimum absolute atomic E-state index is 0.0427. The summed E-state index contributed by atoms with van der Waals surface area (Å²) in [5.41, 5.74) is 0.142. The number of hydrogen-bond donors (Lipinski definition) is 3. The molecule has 25 heavy (non-hydrogen) atoms. The Morgan fingerprint density at radius 2 is 1.96 bits per heavy atom. The van der Waals surface area contributed by atoms with E-state index in [-0.39, 0.29) is 30.1 Å². The Morgan fingerprint density at radius 1 is 1.24 bits per heavy atom. The topological polar surface area (TPSA) is 98.7 Å². The van der Waals surface area contributed by atoms with E-state index >= 15 is 0 Å². The summed E-state index contributed by atoms with van der Waals surface area (Å²) in [7, 11) is 0. The number of carbonyl (C=O) groups is 3. The highest BCUT2D eigenvalue weighted by molar-refractivity contribution is 6.17. The lowest BCUT2D eigenvalue weighted by molar-refractivity contribution is -0.137. The van der Waals surface area contributed by atoms with Crippen LogP contribution in [0.15, 0.2) is 36.0 Å². The van der Waals surface area contributed by atoms with Crippen LogP contribution in [0.3, 0.4) is 0 Å². The van der Waals surface area contributed by atoms with E-state index < -0.39 is 30.4 Å². The van der Waals surface area contributed by atoms with Crippen LogP contribution in [-0.4, -0.2) is 53.6 Å². The number of halogens is 3. The third-order valence-electron chi connectivity index (χ3n) is 3.19. The van der Waals surface area contributed by atoms with Crippen LogP contribution in [0.5, 0.6) is 0 Å². The first-order valence-electron chi connectivity index (χ1n) is 7.11. The molecule has 0 atom stereocenters. The van der Waals surface area contributed by atoms with Gasteiger partial charge < -0.3 is 15.7 Å². The molecule has 0 saturated heterocycles. The fraction of sp³-hybridized carbons (Fsp3) is 0.267. The molecule has 2 rings (SSSR count). The second kappa shape index (κ2) is 7.34. The van der Waals surface area contributed by atoms with Gasteiger partial charge in [-0.3, -0.25) is 19.3 Å². The van der Waals surface area contributed by atoms with Crippen molar-refractivity contribution in [3.8, 4) is 0 Å². The number of rotatable bonds is 6. The number of nitrogens with one attached hydrogen (secondary N) is 2. The summed E-state index contributed by atoms with van der Waals surface area (Å²) < 4.78 is 36.4. The molecule has 1 heterocycles. The number of carbonyl (C=O) groups excluding carboxylic acids is 3. The van der Waals surface area contributed by atoms with Gasteiger partial charge in [0.2, 0.25) is 0 Å². The standard InChI is InChI=1S/C15H14F3N3O4/c16-15(17,18)8-19-13(24)9-2-1-3-10(6-9)20-11-7-12(23)21(4-5-22)14(11)25/h1-3,6-7,20,22H,4-5,8H2,(H,19,24). The number of β-amino-alcohol motifs (C(OH)–C–C–N with tert-alkyl or cyclic N) is 1. The monoisotopic (exact) mass is 357 g/mol. The summed E-state index contributed by atoms with van der Waals surface area (Å²) in [6.07, 6.45) is -3.49. The van der Waals surface area contributed by atoms with Gasteiger partial charge in [0.15, 0.2) is 0 Å². The van der Waals surface area contributed by atoms with Crippen molar-refractivity contribution in [2.45, 2.75) is 6.18 Å². The predicted octanol–water partition coefficient (Wildman–Crippen LogP) is 0.636. The SMILES string of the molecule is O=C(NCC(F)(F)F)c1cccc(NC2=CC(=O)N(CCO)C2=O)c1. The van der Waals surface area contributed by atoms with Crippen molar-refractivity contribution in [2.24, 2.45) is 0 Å². The van der Waals surface area contributed by atoms with Crippen LogP contribution in [0.1, 0.15) is 10.4 Å². The van der Waals surface area contributed by atoms with Crippen LogP contribution >= 0.6 is 0 Å². The molecule has 3 N–H and O–H groups in total. The highest BCUT2D eigenvalue weighted by Crippen LogP contribution is 2.18. The van der Waals surface area contributed by atoms with E-state index in [0.717, 1.165) is 11.0 Å². The lowest BCUT2D eigenvalue weighted by Crippen LogP contribution is -2.34. The Balaban J connectivity index is 2.07. The van der Waals surface area contributed by atoms with Gasteiger partial charge in [0.25, 0.3) is 17.7 Å². The first kappa shape index (κ1) is 18.5. The molecule has 10 heteroatoms. The van der Waals surface area contributed by atoms with Gasteiger partial charge >= 0.3 is 6.18 Å². The van der Waals surface area contributed by atoms with Crippen LogP contribution in [0, 0.1) is 0 Å². The largest absolute Gasteiger partial charge is 0.405 e. The zero-order valence-electron chi connectivity index (χ0n) is 12.8. The predicted molar refractivity (Wildman–Crippen MR) is 80.3 cm³/mol. The van der Waals surface area contributed by atoms with Crippen molar-refractivity contribution >= 4 is 23.4 Å². The Hall–Kier alpha value is -2.88. The minimum atomic E-state index is -4.52. The molecule has 0 saturated carbocycles. The minimum Gasteiger partial charge on any atom is -0.395 e. The van der Waals surface area contributed by atoms with Gasteiger partial charge in [0.05, 0.1) is 13.2 Å².